The number of carboxylic acid groups (broad SMARTS) is 4. The minimum Gasteiger partial charge on any atom is -0.543 e. The van der Waals surface area contributed by atoms with E-state index in [1.165, 1.54) is 30.7 Å². The number of rotatable bonds is 4. The van der Waals surface area contributed by atoms with Gasteiger partial charge in [-0.15, -0.1) is 0 Å². The zero-order chi connectivity index (χ0) is 17.6. The molecule has 0 amide bonds. The molecular formula is C12H20BNO8. The number of carbonyl (C=O) groups is 4. The summed E-state index contributed by atoms with van der Waals surface area (Å²) in [6, 6.07) is 0. The summed E-state index contributed by atoms with van der Waals surface area (Å²) in [4.78, 5) is 35.7. The largest absolute Gasteiger partial charge is 3.00 e. The smallest absolute Gasteiger partial charge is 0.543 e. The fourth-order valence-electron chi connectivity index (χ4n) is 1.34. The third kappa shape index (κ3) is 16.0. The monoisotopic (exact) mass is 317 g/mol. The van der Waals surface area contributed by atoms with Crippen molar-refractivity contribution in [3.63, 3.8) is 0 Å². The number of aliphatic carboxylic acids is 4. The van der Waals surface area contributed by atoms with E-state index in [1.807, 2.05) is 0 Å². The van der Waals surface area contributed by atoms with Gasteiger partial charge in [-0.25, -0.2) is 0 Å². The maximum Gasteiger partial charge on any atom is 3.00 e. The second-order valence-corrected chi connectivity index (χ2v) is 3.76. The first-order valence-corrected chi connectivity index (χ1v) is 6.23. The zero-order valence-electron chi connectivity index (χ0n) is 13.1. The van der Waals surface area contributed by atoms with Gasteiger partial charge in [0.15, 0.2) is 0 Å². The third-order valence-electron chi connectivity index (χ3n) is 3.02. The fourth-order valence-corrected chi connectivity index (χ4v) is 1.34. The van der Waals surface area contributed by atoms with Crippen LogP contribution < -0.4 is 20.4 Å². The van der Waals surface area contributed by atoms with Crippen LogP contribution in [0.25, 0.3) is 0 Å². The van der Waals surface area contributed by atoms with Crippen LogP contribution in [-0.4, -0.2) is 63.0 Å². The van der Waals surface area contributed by atoms with Crippen LogP contribution in [0.2, 0.25) is 0 Å². The Labute approximate surface area is 131 Å². The topological polar surface area (TPSA) is 161 Å². The van der Waals surface area contributed by atoms with Crippen LogP contribution in [0, 0.1) is 0 Å². The SMILES string of the molecule is CC[N+](CC)(CC)CC.O=C([O-])C(=O)[O-].O=C([O-])C(=O)[O-].[B+3]. The molecule has 9 nitrogen and oxygen atoms in total. The predicted octanol–water partition coefficient (Wildman–Crippen LogP) is -5.53. The van der Waals surface area contributed by atoms with Crippen LogP contribution in [-0.2, 0) is 19.2 Å². The van der Waals surface area contributed by atoms with Gasteiger partial charge in [-0.1, -0.05) is 0 Å². The molecule has 22 heavy (non-hydrogen) atoms. The molecule has 0 atom stereocenters. The van der Waals surface area contributed by atoms with Crippen LogP contribution in [0.5, 0.6) is 0 Å². The van der Waals surface area contributed by atoms with Crippen molar-refractivity contribution in [1.82, 2.24) is 0 Å². The van der Waals surface area contributed by atoms with Crippen molar-refractivity contribution < 1.29 is 44.1 Å². The third-order valence-corrected chi connectivity index (χ3v) is 3.02. The van der Waals surface area contributed by atoms with E-state index in [1.54, 1.807) is 0 Å². The Kier molecular flexibility index (Phi) is 19.6. The normalized spacial score (nSPS) is 8.91. The fraction of sp³-hybridized carbons (Fsp3) is 0.667. The van der Waals surface area contributed by atoms with Crippen LogP contribution in [0.15, 0.2) is 0 Å². The molecule has 0 radical (unpaired) electrons. The second kappa shape index (κ2) is 15.3. The molecular weight excluding hydrogens is 297 g/mol. The summed E-state index contributed by atoms with van der Waals surface area (Å²) < 4.78 is 1.28. The number of quaternary nitrogens is 1. The summed E-state index contributed by atoms with van der Waals surface area (Å²) in [5, 5.41) is 35.7. The number of hydrogen-bond donors (Lipinski definition) is 0. The van der Waals surface area contributed by atoms with Gasteiger partial charge in [0.05, 0.1) is 50.1 Å². The molecule has 0 aliphatic heterocycles. The van der Waals surface area contributed by atoms with Gasteiger partial charge >= 0.3 is 8.41 Å². The van der Waals surface area contributed by atoms with Crippen molar-refractivity contribution >= 4 is 32.3 Å². The molecule has 0 saturated heterocycles. The van der Waals surface area contributed by atoms with Gasteiger partial charge in [0.1, 0.15) is 0 Å². The van der Waals surface area contributed by atoms with E-state index in [2.05, 4.69) is 27.7 Å². The summed E-state index contributed by atoms with van der Waals surface area (Å²) in [5.74, 6) is -8.74. The Morgan fingerprint density at radius 2 is 0.727 bits per heavy atom. The molecule has 0 spiro atoms. The molecule has 0 aromatic rings. The van der Waals surface area contributed by atoms with Gasteiger partial charge in [-0.05, 0) is 27.7 Å². The average molecular weight is 317 g/mol. The standard InChI is InChI=1S/C8H20N.2C2H2O4.B/c1-5-9(6-2,7-3)8-4;2*3-1(4)2(5)6;/h5-8H2,1-4H3;2*(H,3,4)(H,5,6);/q+1;;;+3/p-4. The summed E-state index contributed by atoms with van der Waals surface area (Å²) in [6.45, 7) is 14.2. The maximum absolute atomic E-state index is 8.93. The van der Waals surface area contributed by atoms with Gasteiger partial charge < -0.3 is 44.1 Å². The molecule has 0 N–H and O–H groups in total. The van der Waals surface area contributed by atoms with Gasteiger partial charge in [-0.2, -0.15) is 0 Å². The molecule has 0 heterocycles. The summed E-state index contributed by atoms with van der Waals surface area (Å²) >= 11 is 0. The van der Waals surface area contributed by atoms with Crippen LogP contribution >= 0.6 is 0 Å². The average Bonchev–Trinajstić information content (AvgIpc) is 2.43. The Morgan fingerprint density at radius 1 is 0.591 bits per heavy atom. The number of carboxylic acids is 4. The van der Waals surface area contributed by atoms with E-state index >= 15 is 0 Å². The molecule has 0 rings (SSSR count). The van der Waals surface area contributed by atoms with Crippen molar-refractivity contribution in [3.05, 3.63) is 0 Å². The summed E-state index contributed by atoms with van der Waals surface area (Å²) in [6.07, 6.45) is 0. The molecule has 0 bridgehead atoms. The first kappa shape index (κ1) is 28.1. The van der Waals surface area contributed by atoms with E-state index in [0.29, 0.717) is 0 Å². The molecule has 124 valence electrons. The number of hydrogen-bond acceptors (Lipinski definition) is 8. The van der Waals surface area contributed by atoms with Crippen molar-refractivity contribution in [3.8, 4) is 0 Å². The Morgan fingerprint density at radius 3 is 0.727 bits per heavy atom. The molecule has 0 saturated carbocycles. The first-order chi connectivity index (χ1) is 9.53. The quantitative estimate of drug-likeness (QED) is 0.282. The van der Waals surface area contributed by atoms with Crippen molar-refractivity contribution in [2.45, 2.75) is 27.7 Å². The Bertz CT molecular complexity index is 290. The molecule has 10 heteroatoms. The minimum atomic E-state index is -2.19. The Hall–Kier alpha value is -2.10. The first-order valence-electron chi connectivity index (χ1n) is 6.23. The van der Waals surface area contributed by atoms with Crippen molar-refractivity contribution in [2.24, 2.45) is 0 Å². The van der Waals surface area contributed by atoms with Gasteiger partial charge in [0.2, 0.25) is 0 Å². The maximum atomic E-state index is 8.93. The van der Waals surface area contributed by atoms with E-state index in [-0.39, 0.29) is 8.41 Å². The predicted molar refractivity (Wildman–Crippen MR) is 68.2 cm³/mol. The minimum absolute atomic E-state index is 0. The summed E-state index contributed by atoms with van der Waals surface area (Å²) in [7, 11) is 0. The summed E-state index contributed by atoms with van der Waals surface area (Å²) in [5.41, 5.74) is 0. The van der Waals surface area contributed by atoms with E-state index in [9.17, 15) is 0 Å². The number of nitrogens with zero attached hydrogens (tertiary/aromatic N) is 1. The van der Waals surface area contributed by atoms with E-state index in [0.717, 1.165) is 0 Å². The molecule has 0 aliphatic carbocycles. The van der Waals surface area contributed by atoms with Gasteiger partial charge in [0, 0.05) is 0 Å². The van der Waals surface area contributed by atoms with Crippen molar-refractivity contribution in [1.29, 1.82) is 0 Å². The molecule has 0 aliphatic rings. The Balaban J connectivity index is -0.000000112. The van der Waals surface area contributed by atoms with Crippen LogP contribution in [0.1, 0.15) is 27.7 Å². The van der Waals surface area contributed by atoms with Crippen molar-refractivity contribution in [2.75, 3.05) is 26.2 Å². The molecule has 0 unspecified atom stereocenters. The van der Waals surface area contributed by atoms with E-state index < -0.39 is 23.9 Å². The van der Waals surface area contributed by atoms with E-state index in [4.69, 9.17) is 39.6 Å². The number of carbonyl (C=O) groups excluding carboxylic acids is 4. The molecule has 0 aromatic carbocycles. The van der Waals surface area contributed by atoms with Crippen LogP contribution in [0.4, 0.5) is 0 Å². The van der Waals surface area contributed by atoms with Gasteiger partial charge in [-0.3, -0.25) is 0 Å². The zero-order valence-corrected chi connectivity index (χ0v) is 13.1. The molecule has 0 aromatic heterocycles. The van der Waals surface area contributed by atoms with Crippen LogP contribution in [0.3, 0.4) is 0 Å². The second-order valence-electron chi connectivity index (χ2n) is 3.76. The molecule has 0 fully saturated rings. The van der Waals surface area contributed by atoms with Gasteiger partial charge in [0.25, 0.3) is 0 Å².